The van der Waals surface area contributed by atoms with Gasteiger partial charge in [-0.3, -0.25) is 0 Å². The third-order valence-electron chi connectivity index (χ3n) is 2.43. The summed E-state index contributed by atoms with van der Waals surface area (Å²) in [4.78, 5) is 0. The number of nitriles is 1. The number of hydrogen-bond donors (Lipinski definition) is 0. The van der Waals surface area contributed by atoms with Gasteiger partial charge in [0.25, 0.3) is 0 Å². The monoisotopic (exact) mass is 311 g/mol. The van der Waals surface area contributed by atoms with Crippen molar-refractivity contribution in [1.29, 1.82) is 5.26 Å². The van der Waals surface area contributed by atoms with Crippen LogP contribution in [0.2, 0.25) is 0 Å². The summed E-state index contributed by atoms with van der Waals surface area (Å²) in [6.07, 6.45) is 2.34. The van der Waals surface area contributed by atoms with Crippen LogP contribution in [-0.4, -0.2) is 13.2 Å². The number of alkyl halides is 1. The van der Waals surface area contributed by atoms with Gasteiger partial charge in [0.15, 0.2) is 11.5 Å². The normalized spacial score (nSPS) is 9.83. The molecule has 4 heteroatoms. The summed E-state index contributed by atoms with van der Waals surface area (Å²) in [5.74, 6) is 1.60. The third kappa shape index (κ3) is 4.58. The maximum Gasteiger partial charge on any atom is 0.165 e. The fourth-order valence-corrected chi connectivity index (χ4v) is 2.02. The van der Waals surface area contributed by atoms with Crippen LogP contribution in [0.4, 0.5) is 0 Å². The summed E-state index contributed by atoms with van der Waals surface area (Å²) in [5.41, 5.74) is 1.08. The van der Waals surface area contributed by atoms with Crippen molar-refractivity contribution in [3.05, 3.63) is 23.8 Å². The zero-order valence-corrected chi connectivity index (χ0v) is 12.2. The minimum Gasteiger partial charge on any atom is -0.490 e. The van der Waals surface area contributed by atoms with Crippen molar-refractivity contribution < 1.29 is 9.47 Å². The fourth-order valence-electron chi connectivity index (χ4n) is 1.58. The van der Waals surface area contributed by atoms with Gasteiger partial charge in [-0.15, -0.1) is 0 Å². The Morgan fingerprint density at radius 2 is 2.11 bits per heavy atom. The standard InChI is InChI=1S/C14H18BrNO2/c1-2-17-13-8-6-7-12(11-15)14(13)18-10-5-3-4-9-16/h6-8H,2-5,10-11H2,1H3. The summed E-state index contributed by atoms with van der Waals surface area (Å²) in [6, 6.07) is 8.03. The van der Waals surface area contributed by atoms with Crippen LogP contribution in [0.3, 0.4) is 0 Å². The molecule has 1 aromatic rings. The first-order chi connectivity index (χ1) is 8.83. The number of unbranched alkanes of at least 4 members (excludes halogenated alkanes) is 2. The van der Waals surface area contributed by atoms with Crippen LogP contribution in [0.15, 0.2) is 18.2 Å². The molecule has 0 spiro atoms. The number of nitrogens with zero attached hydrogens (tertiary/aromatic N) is 1. The lowest BCUT2D eigenvalue weighted by atomic mass is 10.2. The molecule has 1 rings (SSSR count). The highest BCUT2D eigenvalue weighted by atomic mass is 79.9. The number of ether oxygens (including phenoxy) is 2. The van der Waals surface area contributed by atoms with Crippen molar-refractivity contribution in [2.75, 3.05) is 13.2 Å². The summed E-state index contributed by atoms with van der Waals surface area (Å²) in [7, 11) is 0. The SMILES string of the molecule is CCOc1cccc(CBr)c1OCCCCC#N. The molecular formula is C14H18BrNO2. The smallest absolute Gasteiger partial charge is 0.165 e. The summed E-state index contributed by atoms with van der Waals surface area (Å²) < 4.78 is 11.4. The predicted molar refractivity (Wildman–Crippen MR) is 75.2 cm³/mol. The van der Waals surface area contributed by atoms with Crippen molar-refractivity contribution in [3.8, 4) is 17.6 Å². The van der Waals surface area contributed by atoms with Gasteiger partial charge in [-0.2, -0.15) is 5.26 Å². The van der Waals surface area contributed by atoms with E-state index in [9.17, 15) is 0 Å². The Morgan fingerprint density at radius 1 is 1.28 bits per heavy atom. The Hall–Kier alpha value is -1.21. The zero-order valence-electron chi connectivity index (χ0n) is 10.6. The van der Waals surface area contributed by atoms with E-state index in [0.29, 0.717) is 19.6 Å². The highest BCUT2D eigenvalue weighted by Gasteiger charge is 2.09. The molecule has 0 unspecified atom stereocenters. The molecular weight excluding hydrogens is 294 g/mol. The largest absolute Gasteiger partial charge is 0.490 e. The van der Waals surface area contributed by atoms with Crippen molar-refractivity contribution in [3.63, 3.8) is 0 Å². The van der Waals surface area contributed by atoms with Crippen LogP contribution >= 0.6 is 15.9 Å². The topological polar surface area (TPSA) is 42.2 Å². The highest BCUT2D eigenvalue weighted by molar-refractivity contribution is 9.08. The van der Waals surface area contributed by atoms with Crippen LogP contribution in [0.25, 0.3) is 0 Å². The van der Waals surface area contributed by atoms with Crippen molar-refractivity contribution >= 4 is 15.9 Å². The second kappa shape index (κ2) is 8.82. The predicted octanol–water partition coefficient (Wildman–Crippen LogP) is 4.05. The van der Waals surface area contributed by atoms with E-state index in [2.05, 4.69) is 22.0 Å². The van der Waals surface area contributed by atoms with Crippen molar-refractivity contribution in [1.82, 2.24) is 0 Å². The zero-order chi connectivity index (χ0) is 13.2. The maximum absolute atomic E-state index is 8.46. The van der Waals surface area contributed by atoms with E-state index in [0.717, 1.165) is 35.2 Å². The molecule has 0 saturated heterocycles. The van der Waals surface area contributed by atoms with Crippen LogP contribution in [0.1, 0.15) is 31.7 Å². The second-order valence-electron chi connectivity index (χ2n) is 3.77. The Morgan fingerprint density at radius 3 is 2.78 bits per heavy atom. The first-order valence-electron chi connectivity index (χ1n) is 6.13. The lowest BCUT2D eigenvalue weighted by Crippen LogP contribution is -2.03. The minimum absolute atomic E-state index is 0.585. The summed E-state index contributed by atoms with van der Waals surface area (Å²) >= 11 is 3.45. The molecule has 98 valence electrons. The number of halogens is 1. The van der Waals surface area contributed by atoms with Gasteiger partial charge in [-0.05, 0) is 25.8 Å². The van der Waals surface area contributed by atoms with Gasteiger partial charge in [0.1, 0.15) is 0 Å². The van der Waals surface area contributed by atoms with Crippen LogP contribution in [0.5, 0.6) is 11.5 Å². The number of hydrogen-bond acceptors (Lipinski definition) is 3. The Bertz CT molecular complexity index is 401. The number of rotatable bonds is 8. The maximum atomic E-state index is 8.46. The lowest BCUT2D eigenvalue weighted by Gasteiger charge is -2.14. The van der Waals surface area contributed by atoms with Gasteiger partial charge >= 0.3 is 0 Å². The molecule has 18 heavy (non-hydrogen) atoms. The van der Waals surface area contributed by atoms with E-state index in [-0.39, 0.29) is 0 Å². The molecule has 0 aliphatic carbocycles. The molecule has 0 N–H and O–H groups in total. The second-order valence-corrected chi connectivity index (χ2v) is 4.34. The highest BCUT2D eigenvalue weighted by Crippen LogP contribution is 2.32. The molecule has 0 aliphatic heterocycles. The quantitative estimate of drug-likeness (QED) is 0.537. The number of benzene rings is 1. The Labute approximate surface area is 117 Å². The summed E-state index contributed by atoms with van der Waals surface area (Å²) in [6.45, 7) is 3.19. The fraction of sp³-hybridized carbons (Fsp3) is 0.500. The van der Waals surface area contributed by atoms with Crippen LogP contribution in [-0.2, 0) is 5.33 Å². The lowest BCUT2D eigenvalue weighted by molar-refractivity contribution is 0.270. The van der Waals surface area contributed by atoms with E-state index in [4.69, 9.17) is 14.7 Å². The van der Waals surface area contributed by atoms with Gasteiger partial charge in [0.2, 0.25) is 0 Å². The van der Waals surface area contributed by atoms with Crippen molar-refractivity contribution in [2.45, 2.75) is 31.5 Å². The minimum atomic E-state index is 0.585. The Balaban J connectivity index is 2.63. The van der Waals surface area contributed by atoms with Crippen molar-refractivity contribution in [2.24, 2.45) is 0 Å². The molecule has 0 heterocycles. The summed E-state index contributed by atoms with van der Waals surface area (Å²) in [5, 5.41) is 9.20. The Kier molecular flexibility index (Phi) is 7.28. The van der Waals surface area contributed by atoms with E-state index in [1.165, 1.54) is 0 Å². The molecule has 0 aliphatic rings. The molecule has 0 atom stereocenters. The van der Waals surface area contributed by atoms with Gasteiger partial charge in [0.05, 0.1) is 19.3 Å². The molecule has 0 amide bonds. The van der Waals surface area contributed by atoms with E-state index < -0.39 is 0 Å². The van der Waals surface area contributed by atoms with Gasteiger partial charge < -0.3 is 9.47 Å². The van der Waals surface area contributed by atoms with Gasteiger partial charge in [-0.25, -0.2) is 0 Å². The molecule has 0 aromatic heterocycles. The average molecular weight is 312 g/mol. The van der Waals surface area contributed by atoms with Gasteiger partial charge in [-0.1, -0.05) is 28.1 Å². The van der Waals surface area contributed by atoms with E-state index in [1.54, 1.807) is 0 Å². The molecule has 3 nitrogen and oxygen atoms in total. The van der Waals surface area contributed by atoms with E-state index in [1.807, 2.05) is 25.1 Å². The van der Waals surface area contributed by atoms with Crippen LogP contribution < -0.4 is 9.47 Å². The first-order valence-corrected chi connectivity index (χ1v) is 7.26. The first kappa shape index (κ1) is 14.8. The molecule has 0 radical (unpaired) electrons. The molecule has 1 aromatic carbocycles. The van der Waals surface area contributed by atoms with Gasteiger partial charge in [0, 0.05) is 17.3 Å². The molecule has 0 fully saturated rings. The molecule has 0 bridgehead atoms. The number of para-hydroxylation sites is 1. The van der Waals surface area contributed by atoms with E-state index >= 15 is 0 Å². The third-order valence-corrected chi connectivity index (χ3v) is 3.04. The average Bonchev–Trinajstić information content (AvgIpc) is 2.40. The van der Waals surface area contributed by atoms with Crippen LogP contribution in [0, 0.1) is 11.3 Å². The molecule has 0 saturated carbocycles.